The predicted octanol–water partition coefficient (Wildman–Crippen LogP) is 0.687. The second-order valence-electron chi connectivity index (χ2n) is 5.50. The lowest BCUT2D eigenvalue weighted by atomic mass is 10.1. The van der Waals surface area contributed by atoms with Gasteiger partial charge in [0.2, 0.25) is 5.91 Å². The first-order valence-corrected chi connectivity index (χ1v) is 7.27. The third-order valence-electron chi connectivity index (χ3n) is 3.85. The van der Waals surface area contributed by atoms with Crippen LogP contribution in [-0.4, -0.2) is 47.5 Å². The Morgan fingerprint density at radius 3 is 2.73 bits per heavy atom. The molecule has 0 saturated carbocycles. The Balaban J connectivity index is 1.61. The van der Waals surface area contributed by atoms with E-state index in [2.05, 4.69) is 0 Å². The molecule has 0 unspecified atom stereocenters. The first kappa shape index (κ1) is 14.7. The number of likely N-dealkylation sites (tertiary alicyclic amines) is 1. The van der Waals surface area contributed by atoms with E-state index in [0.29, 0.717) is 6.42 Å². The third kappa shape index (κ3) is 3.01. The number of aryl methyl sites for hydroxylation is 1. The topological polar surface area (TPSA) is 76.2 Å². The summed E-state index contributed by atoms with van der Waals surface area (Å²) < 4.78 is 10.4. The van der Waals surface area contributed by atoms with Crippen LogP contribution in [0.2, 0.25) is 0 Å². The van der Waals surface area contributed by atoms with Gasteiger partial charge in [-0.05, 0) is 12.0 Å². The first-order chi connectivity index (χ1) is 10.6. The molecule has 0 spiro atoms. The summed E-state index contributed by atoms with van der Waals surface area (Å²) in [7, 11) is 0. The zero-order valence-electron chi connectivity index (χ0n) is 12.2. The summed E-state index contributed by atoms with van der Waals surface area (Å²) in [5.74, 6) is -1.03. The molecule has 0 N–H and O–H groups in total. The highest BCUT2D eigenvalue weighted by molar-refractivity contribution is 5.99. The highest BCUT2D eigenvalue weighted by Gasteiger charge is 2.58. The summed E-state index contributed by atoms with van der Waals surface area (Å²) in [4.78, 5) is 36.6. The highest BCUT2D eigenvalue weighted by atomic mass is 16.6. The van der Waals surface area contributed by atoms with Crippen LogP contribution in [0.15, 0.2) is 30.3 Å². The third-order valence-corrected chi connectivity index (χ3v) is 3.85. The van der Waals surface area contributed by atoms with E-state index in [4.69, 9.17) is 9.47 Å². The SMILES string of the molecule is CC(=O)O[C@H]1CN(C(=O)CCc2ccccc2)C(=O)[C@@H]2O[C@H]12. The van der Waals surface area contributed by atoms with Crippen LogP contribution in [0.5, 0.6) is 0 Å². The number of benzene rings is 1. The van der Waals surface area contributed by atoms with Crippen molar-refractivity contribution >= 4 is 17.8 Å². The Labute approximate surface area is 128 Å². The van der Waals surface area contributed by atoms with Crippen molar-refractivity contribution in [2.45, 2.75) is 38.1 Å². The first-order valence-electron chi connectivity index (χ1n) is 7.27. The van der Waals surface area contributed by atoms with Gasteiger partial charge in [-0.3, -0.25) is 19.3 Å². The number of carbonyl (C=O) groups excluding carboxylic acids is 3. The molecule has 0 aliphatic carbocycles. The van der Waals surface area contributed by atoms with Gasteiger partial charge in [0.1, 0.15) is 12.2 Å². The van der Waals surface area contributed by atoms with Crippen LogP contribution in [0, 0.1) is 0 Å². The molecule has 1 aromatic carbocycles. The smallest absolute Gasteiger partial charge is 0.303 e. The molecule has 116 valence electrons. The molecule has 0 bridgehead atoms. The molecule has 6 heteroatoms. The van der Waals surface area contributed by atoms with Crippen molar-refractivity contribution < 1.29 is 23.9 Å². The van der Waals surface area contributed by atoms with Gasteiger partial charge in [-0.15, -0.1) is 0 Å². The number of hydrogen-bond donors (Lipinski definition) is 0. The number of epoxide rings is 1. The van der Waals surface area contributed by atoms with Crippen LogP contribution in [-0.2, 0) is 30.3 Å². The molecule has 2 aliphatic heterocycles. The lowest BCUT2D eigenvalue weighted by molar-refractivity contribution is -0.157. The average Bonchev–Trinajstić information content (AvgIpc) is 3.29. The summed E-state index contributed by atoms with van der Waals surface area (Å²) in [6, 6.07) is 9.60. The molecular formula is C16H17NO5. The number of ether oxygens (including phenoxy) is 2. The average molecular weight is 303 g/mol. The van der Waals surface area contributed by atoms with E-state index >= 15 is 0 Å². The number of piperidine rings is 1. The van der Waals surface area contributed by atoms with E-state index < -0.39 is 24.3 Å². The molecule has 2 amide bonds. The Morgan fingerprint density at radius 2 is 2.05 bits per heavy atom. The molecule has 2 heterocycles. The van der Waals surface area contributed by atoms with Crippen molar-refractivity contribution in [1.29, 1.82) is 0 Å². The van der Waals surface area contributed by atoms with E-state index in [1.54, 1.807) is 0 Å². The van der Waals surface area contributed by atoms with E-state index in [1.807, 2.05) is 30.3 Å². The van der Waals surface area contributed by atoms with Crippen LogP contribution >= 0.6 is 0 Å². The quantitative estimate of drug-likeness (QED) is 0.604. The Bertz CT molecular complexity index is 600. The van der Waals surface area contributed by atoms with Crippen molar-refractivity contribution in [3.8, 4) is 0 Å². The lowest BCUT2D eigenvalue weighted by Crippen LogP contribution is -2.51. The van der Waals surface area contributed by atoms with Crippen LogP contribution in [0.25, 0.3) is 0 Å². The van der Waals surface area contributed by atoms with Crippen LogP contribution in [0.1, 0.15) is 18.9 Å². The normalized spacial score (nSPS) is 26.3. The molecule has 3 atom stereocenters. The Kier molecular flexibility index (Phi) is 3.94. The number of carbonyl (C=O) groups is 3. The molecule has 1 aromatic rings. The minimum Gasteiger partial charge on any atom is -0.458 e. The fraction of sp³-hybridized carbons (Fsp3) is 0.438. The van der Waals surface area contributed by atoms with Gasteiger partial charge in [0.25, 0.3) is 5.91 Å². The van der Waals surface area contributed by atoms with E-state index in [-0.39, 0.29) is 24.8 Å². The summed E-state index contributed by atoms with van der Waals surface area (Å²) in [6.45, 7) is 1.38. The summed E-state index contributed by atoms with van der Waals surface area (Å²) in [5, 5.41) is 0. The van der Waals surface area contributed by atoms with Gasteiger partial charge in [0, 0.05) is 13.3 Å². The molecule has 0 radical (unpaired) electrons. The Morgan fingerprint density at radius 1 is 1.32 bits per heavy atom. The molecule has 22 heavy (non-hydrogen) atoms. The molecule has 0 aromatic heterocycles. The van der Waals surface area contributed by atoms with Gasteiger partial charge in [0.15, 0.2) is 6.10 Å². The summed E-state index contributed by atoms with van der Waals surface area (Å²) in [6.07, 6.45) is -0.787. The number of nitrogens with zero attached hydrogens (tertiary/aromatic N) is 1. The molecule has 6 nitrogen and oxygen atoms in total. The van der Waals surface area contributed by atoms with Crippen LogP contribution in [0.4, 0.5) is 0 Å². The monoisotopic (exact) mass is 303 g/mol. The van der Waals surface area contributed by atoms with E-state index in [0.717, 1.165) is 10.5 Å². The number of rotatable bonds is 4. The maximum absolute atomic E-state index is 12.3. The maximum atomic E-state index is 12.3. The lowest BCUT2D eigenvalue weighted by Gasteiger charge is -2.28. The molecule has 2 fully saturated rings. The summed E-state index contributed by atoms with van der Waals surface area (Å²) in [5.41, 5.74) is 1.04. The van der Waals surface area contributed by atoms with E-state index in [1.165, 1.54) is 6.92 Å². The van der Waals surface area contributed by atoms with Crippen molar-refractivity contribution in [3.05, 3.63) is 35.9 Å². The molecule has 2 aliphatic rings. The predicted molar refractivity (Wildman–Crippen MR) is 75.7 cm³/mol. The zero-order valence-corrected chi connectivity index (χ0v) is 12.2. The van der Waals surface area contributed by atoms with Gasteiger partial charge < -0.3 is 9.47 Å². The number of fused-ring (bicyclic) bond motifs is 1. The second-order valence-corrected chi connectivity index (χ2v) is 5.50. The number of amides is 2. The van der Waals surface area contributed by atoms with Gasteiger partial charge >= 0.3 is 5.97 Å². The number of esters is 1. The number of imide groups is 1. The van der Waals surface area contributed by atoms with Crippen molar-refractivity contribution in [1.82, 2.24) is 4.90 Å². The minimum atomic E-state index is -0.640. The fourth-order valence-electron chi connectivity index (χ4n) is 2.71. The highest BCUT2D eigenvalue weighted by Crippen LogP contribution is 2.34. The second kappa shape index (κ2) is 5.88. The molecule has 3 rings (SSSR count). The fourth-order valence-corrected chi connectivity index (χ4v) is 2.71. The van der Waals surface area contributed by atoms with Crippen molar-refractivity contribution in [2.75, 3.05) is 6.54 Å². The summed E-state index contributed by atoms with van der Waals surface area (Å²) >= 11 is 0. The molecule has 2 saturated heterocycles. The van der Waals surface area contributed by atoms with Gasteiger partial charge in [-0.2, -0.15) is 0 Å². The molecular weight excluding hydrogens is 286 g/mol. The number of hydrogen-bond acceptors (Lipinski definition) is 5. The van der Waals surface area contributed by atoms with Crippen molar-refractivity contribution in [3.63, 3.8) is 0 Å². The zero-order chi connectivity index (χ0) is 15.7. The van der Waals surface area contributed by atoms with Gasteiger partial charge in [-0.1, -0.05) is 30.3 Å². The van der Waals surface area contributed by atoms with Crippen LogP contribution in [0.3, 0.4) is 0 Å². The van der Waals surface area contributed by atoms with E-state index in [9.17, 15) is 14.4 Å². The van der Waals surface area contributed by atoms with Gasteiger partial charge in [-0.25, -0.2) is 0 Å². The Hall–Kier alpha value is -2.21. The largest absolute Gasteiger partial charge is 0.458 e. The maximum Gasteiger partial charge on any atom is 0.303 e. The van der Waals surface area contributed by atoms with Gasteiger partial charge in [0.05, 0.1) is 6.54 Å². The van der Waals surface area contributed by atoms with Crippen molar-refractivity contribution in [2.24, 2.45) is 0 Å². The van der Waals surface area contributed by atoms with Crippen LogP contribution < -0.4 is 0 Å². The minimum absolute atomic E-state index is 0.0766. The standard InChI is InChI=1S/C16H17NO5/c1-10(18)21-12-9-17(16(20)15-14(12)22-15)13(19)8-7-11-5-3-2-4-6-11/h2-6,12,14-15H,7-9H2,1H3/t12-,14+,15+/m0/s1.